The second-order valence-electron chi connectivity index (χ2n) is 4.24. The van der Waals surface area contributed by atoms with E-state index in [1.807, 2.05) is 36.4 Å². The third-order valence-corrected chi connectivity index (χ3v) is 3.83. The van der Waals surface area contributed by atoms with Crippen LogP contribution in [0.1, 0.15) is 5.56 Å². The van der Waals surface area contributed by atoms with Gasteiger partial charge in [-0.25, -0.2) is 0 Å². The Labute approximate surface area is 139 Å². The molecule has 0 atom stereocenters. The molecule has 0 aliphatic heterocycles. The number of ether oxygens (including phenoxy) is 2. The first kappa shape index (κ1) is 15.9. The van der Waals surface area contributed by atoms with Crippen molar-refractivity contribution in [3.05, 3.63) is 57.0 Å². The van der Waals surface area contributed by atoms with Crippen LogP contribution in [-0.4, -0.2) is 12.5 Å². The summed E-state index contributed by atoms with van der Waals surface area (Å²) in [4.78, 5) is 10.7. The van der Waals surface area contributed by atoms with Crippen molar-refractivity contribution >= 4 is 37.8 Å². The van der Waals surface area contributed by atoms with Crippen LogP contribution in [0.3, 0.4) is 0 Å². The molecule has 0 aliphatic carbocycles. The lowest BCUT2D eigenvalue weighted by Crippen LogP contribution is -2.20. The molecule has 6 heteroatoms. The van der Waals surface area contributed by atoms with Crippen LogP contribution >= 0.6 is 31.9 Å². The van der Waals surface area contributed by atoms with Gasteiger partial charge in [-0.15, -0.1) is 0 Å². The highest BCUT2D eigenvalue weighted by Gasteiger charge is 2.06. The molecule has 0 unspecified atom stereocenters. The SMILES string of the molecule is NC(=O)COc1cccc(COc2c(Br)cccc2Br)c1. The van der Waals surface area contributed by atoms with Crippen molar-refractivity contribution in [2.45, 2.75) is 6.61 Å². The summed E-state index contributed by atoms with van der Waals surface area (Å²) in [5, 5.41) is 0. The van der Waals surface area contributed by atoms with Crippen molar-refractivity contribution in [1.82, 2.24) is 0 Å². The third-order valence-electron chi connectivity index (χ3n) is 2.58. The number of amides is 1. The zero-order valence-electron chi connectivity index (χ0n) is 11.0. The maximum absolute atomic E-state index is 10.7. The van der Waals surface area contributed by atoms with Gasteiger partial charge in [-0.1, -0.05) is 18.2 Å². The highest BCUT2D eigenvalue weighted by molar-refractivity contribution is 9.11. The Morgan fingerprint density at radius 2 is 1.71 bits per heavy atom. The Balaban J connectivity index is 2.03. The molecule has 1 amide bonds. The molecule has 0 radical (unpaired) electrons. The van der Waals surface area contributed by atoms with Crippen molar-refractivity contribution in [3.63, 3.8) is 0 Å². The lowest BCUT2D eigenvalue weighted by atomic mass is 10.2. The summed E-state index contributed by atoms with van der Waals surface area (Å²) >= 11 is 6.89. The Kier molecular flexibility index (Phi) is 5.64. The highest BCUT2D eigenvalue weighted by atomic mass is 79.9. The largest absolute Gasteiger partial charge is 0.487 e. The Bertz CT molecular complexity index is 626. The van der Waals surface area contributed by atoms with E-state index in [1.165, 1.54) is 0 Å². The van der Waals surface area contributed by atoms with Gasteiger partial charge in [0.15, 0.2) is 6.61 Å². The third kappa shape index (κ3) is 4.75. The molecule has 4 nitrogen and oxygen atoms in total. The Morgan fingerprint density at radius 1 is 1.05 bits per heavy atom. The van der Waals surface area contributed by atoms with Gasteiger partial charge < -0.3 is 15.2 Å². The first-order valence-electron chi connectivity index (χ1n) is 6.13. The first-order valence-corrected chi connectivity index (χ1v) is 7.71. The predicted molar refractivity (Wildman–Crippen MR) is 87.3 cm³/mol. The second kappa shape index (κ2) is 7.47. The van der Waals surface area contributed by atoms with Crippen LogP contribution in [0.2, 0.25) is 0 Å². The highest BCUT2D eigenvalue weighted by Crippen LogP contribution is 2.33. The molecule has 2 rings (SSSR count). The molecule has 21 heavy (non-hydrogen) atoms. The van der Waals surface area contributed by atoms with Crippen molar-refractivity contribution in [2.75, 3.05) is 6.61 Å². The minimum absolute atomic E-state index is 0.139. The Hall–Kier alpha value is -1.53. The summed E-state index contributed by atoms with van der Waals surface area (Å²) in [6, 6.07) is 13.1. The van der Waals surface area contributed by atoms with Gasteiger partial charge in [0.25, 0.3) is 5.91 Å². The molecule has 2 aromatic rings. The molecule has 0 saturated heterocycles. The molecular weight excluding hydrogens is 402 g/mol. The van der Waals surface area contributed by atoms with E-state index in [2.05, 4.69) is 31.9 Å². The van der Waals surface area contributed by atoms with Crippen LogP contribution in [0.5, 0.6) is 11.5 Å². The maximum atomic E-state index is 10.7. The minimum Gasteiger partial charge on any atom is -0.487 e. The fourth-order valence-electron chi connectivity index (χ4n) is 1.66. The second-order valence-corrected chi connectivity index (χ2v) is 5.95. The average molecular weight is 415 g/mol. The van der Waals surface area contributed by atoms with Crippen LogP contribution in [0.15, 0.2) is 51.4 Å². The van der Waals surface area contributed by atoms with E-state index >= 15 is 0 Å². The normalized spacial score (nSPS) is 10.2. The minimum atomic E-state index is -0.506. The summed E-state index contributed by atoms with van der Waals surface area (Å²) in [5.74, 6) is 0.816. The number of rotatable bonds is 6. The van der Waals surface area contributed by atoms with E-state index in [0.717, 1.165) is 20.3 Å². The number of nitrogens with two attached hydrogens (primary N) is 1. The number of hydrogen-bond donors (Lipinski definition) is 1. The smallest absolute Gasteiger partial charge is 0.255 e. The molecule has 0 bridgehead atoms. The van der Waals surface area contributed by atoms with Gasteiger partial charge in [-0.3, -0.25) is 4.79 Å². The monoisotopic (exact) mass is 413 g/mol. The molecule has 2 N–H and O–H groups in total. The summed E-state index contributed by atoms with van der Waals surface area (Å²) in [6.07, 6.45) is 0. The quantitative estimate of drug-likeness (QED) is 0.784. The van der Waals surface area contributed by atoms with Gasteiger partial charge in [0, 0.05) is 0 Å². The van der Waals surface area contributed by atoms with Gasteiger partial charge >= 0.3 is 0 Å². The van der Waals surface area contributed by atoms with Gasteiger partial charge in [0.2, 0.25) is 0 Å². The predicted octanol–water partition coefficient (Wildman–Crippen LogP) is 3.65. The number of benzene rings is 2. The van der Waals surface area contributed by atoms with Crippen molar-refractivity contribution in [3.8, 4) is 11.5 Å². The van der Waals surface area contributed by atoms with Crippen LogP contribution in [0, 0.1) is 0 Å². The molecule has 0 aliphatic rings. The van der Waals surface area contributed by atoms with Crippen molar-refractivity contribution in [1.29, 1.82) is 0 Å². The summed E-state index contributed by atoms with van der Waals surface area (Å²) in [5.41, 5.74) is 5.98. The molecular formula is C15H13Br2NO3. The van der Waals surface area contributed by atoms with Crippen molar-refractivity contribution < 1.29 is 14.3 Å². The van der Waals surface area contributed by atoms with Crippen LogP contribution in [0.4, 0.5) is 0 Å². The van der Waals surface area contributed by atoms with Crippen molar-refractivity contribution in [2.24, 2.45) is 5.73 Å². The van der Waals surface area contributed by atoms with Crippen LogP contribution in [-0.2, 0) is 11.4 Å². The molecule has 0 heterocycles. The fourth-order valence-corrected chi connectivity index (χ4v) is 2.88. The Morgan fingerprint density at radius 3 is 2.38 bits per heavy atom. The van der Waals surface area contributed by atoms with E-state index in [0.29, 0.717) is 12.4 Å². The molecule has 0 saturated carbocycles. The van der Waals surface area contributed by atoms with Gasteiger partial charge in [-0.05, 0) is 61.7 Å². The number of carbonyl (C=O) groups is 1. The summed E-state index contributed by atoms with van der Waals surface area (Å²) in [7, 11) is 0. The van der Waals surface area contributed by atoms with E-state index in [9.17, 15) is 4.79 Å². The van der Waals surface area contributed by atoms with E-state index < -0.39 is 5.91 Å². The zero-order valence-corrected chi connectivity index (χ0v) is 14.2. The lowest BCUT2D eigenvalue weighted by molar-refractivity contribution is -0.119. The number of primary amides is 1. The number of hydrogen-bond acceptors (Lipinski definition) is 3. The first-order chi connectivity index (χ1) is 10.1. The molecule has 0 fully saturated rings. The number of carbonyl (C=O) groups excluding carboxylic acids is 1. The van der Waals surface area contributed by atoms with E-state index in [-0.39, 0.29) is 6.61 Å². The molecule has 0 spiro atoms. The van der Waals surface area contributed by atoms with Crippen LogP contribution < -0.4 is 15.2 Å². The molecule has 0 aromatic heterocycles. The fraction of sp³-hybridized carbons (Fsp3) is 0.133. The zero-order chi connectivity index (χ0) is 15.2. The van der Waals surface area contributed by atoms with Gasteiger partial charge in [0.05, 0.1) is 8.95 Å². The van der Waals surface area contributed by atoms with E-state index in [1.54, 1.807) is 6.07 Å². The molecule has 2 aromatic carbocycles. The standard InChI is InChI=1S/C15H13Br2NO3/c16-12-5-2-6-13(17)15(12)21-8-10-3-1-4-11(7-10)20-9-14(18)19/h1-7H,8-9H2,(H2,18,19). The topological polar surface area (TPSA) is 61.6 Å². The average Bonchev–Trinajstić information content (AvgIpc) is 2.45. The summed E-state index contributed by atoms with van der Waals surface area (Å²) in [6.45, 7) is 0.245. The number of para-hydroxylation sites is 1. The molecule has 110 valence electrons. The summed E-state index contributed by atoms with van der Waals surface area (Å²) < 4.78 is 12.8. The van der Waals surface area contributed by atoms with E-state index in [4.69, 9.17) is 15.2 Å². The van der Waals surface area contributed by atoms with Crippen LogP contribution in [0.25, 0.3) is 0 Å². The van der Waals surface area contributed by atoms with Gasteiger partial charge in [0.1, 0.15) is 18.1 Å². The maximum Gasteiger partial charge on any atom is 0.255 e. The number of halogens is 2. The lowest BCUT2D eigenvalue weighted by Gasteiger charge is -2.11. The van der Waals surface area contributed by atoms with Gasteiger partial charge in [-0.2, -0.15) is 0 Å².